The van der Waals surface area contributed by atoms with Crippen molar-refractivity contribution in [2.24, 2.45) is 9.98 Å². The normalized spacial score (nSPS) is 21.4. The number of nitrogens with one attached hydrogen (secondary N) is 3. The van der Waals surface area contributed by atoms with Gasteiger partial charge in [0.1, 0.15) is 11.3 Å². The summed E-state index contributed by atoms with van der Waals surface area (Å²) >= 11 is 0.870. The number of aliphatic imine (C=N–C) groups is 2. The highest BCUT2D eigenvalue weighted by Gasteiger charge is 2.26. The smallest absolute Gasteiger partial charge is 0.290 e. The second kappa shape index (κ2) is 12.2. The number of hydrogen-bond acceptors (Lipinski definition) is 7. The summed E-state index contributed by atoms with van der Waals surface area (Å²) in [6, 6.07) is 14.6. The molecular weight excluding hydrogens is 512 g/mol. The zero-order valence-electron chi connectivity index (χ0n) is 21.6. The van der Waals surface area contributed by atoms with Gasteiger partial charge in [-0.05, 0) is 80.9 Å². The van der Waals surface area contributed by atoms with Crippen LogP contribution in [0.3, 0.4) is 0 Å². The van der Waals surface area contributed by atoms with Gasteiger partial charge in [0.2, 0.25) is 5.96 Å². The lowest BCUT2D eigenvalue weighted by molar-refractivity contribution is -0.115. The van der Waals surface area contributed by atoms with E-state index < -0.39 is 5.91 Å². The number of furan rings is 1. The van der Waals surface area contributed by atoms with Crippen molar-refractivity contribution in [2.45, 2.75) is 51.2 Å². The van der Waals surface area contributed by atoms with Crippen LogP contribution in [-0.4, -0.2) is 40.9 Å². The number of rotatable bonds is 7. The Morgan fingerprint density at radius 1 is 1.21 bits per heavy atom. The third kappa shape index (κ3) is 6.52. The number of guanidine groups is 1. The summed E-state index contributed by atoms with van der Waals surface area (Å²) in [6.07, 6.45) is 9.01. The predicted molar refractivity (Wildman–Crippen MR) is 155 cm³/mol. The number of benzene rings is 1. The van der Waals surface area contributed by atoms with Crippen molar-refractivity contribution in [1.82, 2.24) is 20.9 Å². The number of pyridine rings is 1. The Hall–Kier alpha value is -4.02. The van der Waals surface area contributed by atoms with Crippen LogP contribution in [0.4, 0.5) is 4.79 Å². The Kier molecular flexibility index (Phi) is 8.33. The summed E-state index contributed by atoms with van der Waals surface area (Å²) in [4.78, 5) is 37.0. The number of nitrogens with zero attached hydrogens (tertiary/aromatic N) is 3. The molecule has 200 valence electrons. The molecule has 3 aromatic rings. The van der Waals surface area contributed by atoms with Crippen molar-refractivity contribution in [1.29, 1.82) is 0 Å². The van der Waals surface area contributed by atoms with E-state index in [-0.39, 0.29) is 11.3 Å². The Morgan fingerprint density at radius 3 is 2.74 bits per heavy atom. The minimum atomic E-state index is -0.405. The molecule has 1 aromatic carbocycles. The lowest BCUT2D eigenvalue weighted by Crippen LogP contribution is -2.34. The van der Waals surface area contributed by atoms with E-state index in [0.717, 1.165) is 65.4 Å². The molecule has 10 heteroatoms. The molecule has 3 N–H and O–H groups in total. The first-order valence-electron chi connectivity index (χ1n) is 12.9. The first-order valence-corrected chi connectivity index (χ1v) is 13.7. The predicted octanol–water partition coefficient (Wildman–Crippen LogP) is 5.31. The Morgan fingerprint density at radius 2 is 2.03 bits per heavy atom. The van der Waals surface area contributed by atoms with Crippen molar-refractivity contribution in [3.05, 3.63) is 77.0 Å². The fraction of sp³-hybridized carbons (Fsp3) is 0.276. The molecule has 0 unspecified atom stereocenters. The average Bonchev–Trinajstić information content (AvgIpc) is 3.53. The SMILES string of the molecule is C=NC(=NC1CCC(NCc2cccnc2-c2cc3ccccc3o2)CC1)NC(=C\C)/C=C1\SC(=O)NC1=O. The molecule has 2 amide bonds. The first-order chi connectivity index (χ1) is 19.0. The maximum atomic E-state index is 11.9. The van der Waals surface area contributed by atoms with Crippen LogP contribution in [-0.2, 0) is 11.3 Å². The molecule has 1 saturated carbocycles. The van der Waals surface area contributed by atoms with Gasteiger partial charge >= 0.3 is 0 Å². The van der Waals surface area contributed by atoms with Crippen LogP contribution < -0.4 is 16.0 Å². The highest BCUT2D eigenvalue weighted by molar-refractivity contribution is 8.18. The third-order valence-corrected chi connectivity index (χ3v) is 7.59. The summed E-state index contributed by atoms with van der Waals surface area (Å²) in [7, 11) is 0. The van der Waals surface area contributed by atoms with E-state index in [9.17, 15) is 9.59 Å². The zero-order valence-corrected chi connectivity index (χ0v) is 22.5. The van der Waals surface area contributed by atoms with Gasteiger partial charge in [0.15, 0.2) is 5.76 Å². The monoisotopic (exact) mass is 542 g/mol. The van der Waals surface area contributed by atoms with Crippen molar-refractivity contribution in [3.8, 4) is 11.5 Å². The molecule has 39 heavy (non-hydrogen) atoms. The molecule has 2 aromatic heterocycles. The maximum absolute atomic E-state index is 11.9. The minimum Gasteiger partial charge on any atom is -0.454 e. The fourth-order valence-corrected chi connectivity index (χ4v) is 5.41. The van der Waals surface area contributed by atoms with E-state index in [1.165, 1.54) is 0 Å². The molecule has 9 nitrogen and oxygen atoms in total. The molecule has 0 atom stereocenters. The van der Waals surface area contributed by atoms with Crippen molar-refractivity contribution in [2.75, 3.05) is 0 Å². The van der Waals surface area contributed by atoms with E-state index in [1.54, 1.807) is 18.3 Å². The highest BCUT2D eigenvalue weighted by atomic mass is 32.2. The van der Waals surface area contributed by atoms with Gasteiger partial charge in [-0.2, -0.15) is 0 Å². The summed E-state index contributed by atoms with van der Waals surface area (Å²) in [5.41, 5.74) is 3.44. The first kappa shape index (κ1) is 26.6. The summed E-state index contributed by atoms with van der Waals surface area (Å²) in [5.74, 6) is 0.772. The largest absolute Gasteiger partial charge is 0.454 e. The van der Waals surface area contributed by atoms with Gasteiger partial charge in [-0.15, -0.1) is 0 Å². The number of aromatic nitrogens is 1. The van der Waals surface area contributed by atoms with Crippen LogP contribution in [0.25, 0.3) is 22.4 Å². The molecular formula is C29H30N6O3S. The van der Waals surface area contributed by atoms with Crippen molar-refractivity contribution < 1.29 is 14.0 Å². The second-order valence-corrected chi connectivity index (χ2v) is 10.4. The van der Waals surface area contributed by atoms with Crippen LogP contribution in [0.1, 0.15) is 38.2 Å². The molecule has 0 radical (unpaired) electrons. The molecule has 1 saturated heterocycles. The van der Waals surface area contributed by atoms with Crippen LogP contribution in [0.2, 0.25) is 0 Å². The van der Waals surface area contributed by atoms with E-state index in [0.29, 0.717) is 29.1 Å². The number of allylic oxidation sites excluding steroid dienone is 2. The number of hydrogen-bond donors (Lipinski definition) is 3. The summed E-state index contributed by atoms with van der Waals surface area (Å²) in [5, 5.41) is 9.75. The topological polar surface area (TPSA) is 121 Å². The Labute approximate surface area is 231 Å². The zero-order chi connectivity index (χ0) is 27.2. The number of carbonyl (C=O) groups is 2. The van der Waals surface area contributed by atoms with Crippen molar-refractivity contribution >= 4 is 46.6 Å². The van der Waals surface area contributed by atoms with Gasteiger partial charge in [-0.1, -0.05) is 30.3 Å². The third-order valence-electron chi connectivity index (χ3n) is 6.78. The lowest BCUT2D eigenvalue weighted by Gasteiger charge is -2.27. The molecule has 5 rings (SSSR count). The molecule has 2 aliphatic rings. The van der Waals surface area contributed by atoms with Crippen LogP contribution in [0.15, 0.2) is 85.8 Å². The van der Waals surface area contributed by atoms with Crippen molar-refractivity contribution in [3.63, 3.8) is 0 Å². The second-order valence-electron chi connectivity index (χ2n) is 9.38. The van der Waals surface area contributed by atoms with E-state index in [4.69, 9.17) is 9.41 Å². The molecule has 0 bridgehead atoms. The number of amides is 2. The number of para-hydroxylation sites is 1. The van der Waals surface area contributed by atoms with Gasteiger partial charge in [-0.3, -0.25) is 19.9 Å². The molecule has 1 aliphatic heterocycles. The quantitative estimate of drug-likeness (QED) is 0.210. The van der Waals surface area contributed by atoms with Gasteiger partial charge in [0.05, 0.1) is 10.9 Å². The molecule has 3 heterocycles. The van der Waals surface area contributed by atoms with E-state index >= 15 is 0 Å². The Balaban J connectivity index is 1.16. The highest BCUT2D eigenvalue weighted by Crippen LogP contribution is 2.29. The summed E-state index contributed by atoms with van der Waals surface area (Å²) in [6.45, 7) is 6.18. The molecule has 1 aliphatic carbocycles. The maximum Gasteiger partial charge on any atom is 0.290 e. The van der Waals surface area contributed by atoms with Crippen LogP contribution in [0, 0.1) is 0 Å². The van der Waals surface area contributed by atoms with E-state index in [1.807, 2.05) is 43.3 Å². The van der Waals surface area contributed by atoms with Crippen LogP contribution in [0.5, 0.6) is 0 Å². The summed E-state index contributed by atoms with van der Waals surface area (Å²) < 4.78 is 6.06. The van der Waals surface area contributed by atoms with Gasteiger partial charge in [0.25, 0.3) is 11.1 Å². The fourth-order valence-electron chi connectivity index (χ4n) is 4.73. The Bertz CT molecular complexity index is 1450. The average molecular weight is 543 g/mol. The van der Waals surface area contributed by atoms with Gasteiger partial charge < -0.3 is 15.1 Å². The van der Waals surface area contributed by atoms with E-state index in [2.05, 4.69) is 38.7 Å². The number of carbonyl (C=O) groups excluding carboxylic acids is 2. The van der Waals surface area contributed by atoms with Crippen LogP contribution >= 0.6 is 11.8 Å². The van der Waals surface area contributed by atoms with Gasteiger partial charge in [0, 0.05) is 29.9 Å². The number of imide groups is 1. The molecule has 0 spiro atoms. The number of fused-ring (bicyclic) bond motifs is 1. The molecule has 2 fully saturated rings. The lowest BCUT2D eigenvalue weighted by atomic mass is 9.91. The number of thioether (sulfide) groups is 1. The standard InChI is InChI=1S/C29H30N6O3S/c1-3-20(16-25-27(36)35-29(37)39-25)33-28(30-2)34-22-12-10-21(11-13-22)32-17-19-8-6-14-31-26(19)24-15-18-7-4-5-9-23(18)38-24/h3-9,14-16,21-22,32H,2,10-13,17H2,1H3,(H,33,34)(H,35,36,37)/b20-3-,25-16-. The van der Waals surface area contributed by atoms with Gasteiger partial charge in [-0.25, -0.2) is 9.98 Å². The minimum absolute atomic E-state index is 0.122.